The highest BCUT2D eigenvalue weighted by Crippen LogP contribution is 2.33. The van der Waals surface area contributed by atoms with Crippen LogP contribution >= 0.6 is 0 Å². The number of H-pyrrole nitrogens is 1. The predicted octanol–water partition coefficient (Wildman–Crippen LogP) is 1.42. The number of pyridine rings is 1. The maximum Gasteiger partial charge on any atom is 0.326 e. The SMILES string of the molecule is O=C(NC(CC1CC1)C(=O)O)c1cc(=O)[nH]c2ccc([N+](=O)[O-])cc12. The monoisotopic (exact) mass is 345 g/mol. The summed E-state index contributed by atoms with van der Waals surface area (Å²) in [6, 6.07) is 3.68. The highest BCUT2D eigenvalue weighted by Gasteiger charge is 2.30. The molecule has 0 spiro atoms. The summed E-state index contributed by atoms with van der Waals surface area (Å²) in [7, 11) is 0. The molecule has 0 radical (unpaired) electrons. The van der Waals surface area contributed by atoms with E-state index < -0.39 is 28.4 Å². The average molecular weight is 345 g/mol. The lowest BCUT2D eigenvalue weighted by atomic mass is 10.1. The molecule has 1 amide bonds. The van der Waals surface area contributed by atoms with E-state index in [1.54, 1.807) is 0 Å². The van der Waals surface area contributed by atoms with Crippen LogP contribution in [0.2, 0.25) is 0 Å². The van der Waals surface area contributed by atoms with Crippen LogP contribution in [-0.2, 0) is 4.79 Å². The molecule has 1 fully saturated rings. The van der Waals surface area contributed by atoms with Gasteiger partial charge < -0.3 is 15.4 Å². The van der Waals surface area contributed by atoms with Gasteiger partial charge in [-0.15, -0.1) is 0 Å². The molecule has 1 aliphatic rings. The molecule has 9 nitrogen and oxygen atoms in total. The number of aromatic nitrogens is 1. The van der Waals surface area contributed by atoms with Crippen LogP contribution in [0.4, 0.5) is 5.69 Å². The number of hydrogen-bond acceptors (Lipinski definition) is 5. The summed E-state index contributed by atoms with van der Waals surface area (Å²) in [5, 5.41) is 22.8. The molecule has 1 atom stereocenters. The zero-order valence-electron chi connectivity index (χ0n) is 13.0. The first-order valence-electron chi connectivity index (χ1n) is 7.70. The number of carboxylic acids is 1. The summed E-state index contributed by atoms with van der Waals surface area (Å²) < 4.78 is 0. The second-order valence-electron chi connectivity index (χ2n) is 6.08. The van der Waals surface area contributed by atoms with Crippen molar-refractivity contribution in [3.8, 4) is 0 Å². The van der Waals surface area contributed by atoms with Gasteiger partial charge in [-0.25, -0.2) is 4.79 Å². The van der Waals surface area contributed by atoms with Crippen molar-refractivity contribution in [1.29, 1.82) is 0 Å². The molecule has 130 valence electrons. The summed E-state index contributed by atoms with van der Waals surface area (Å²) >= 11 is 0. The molecular weight excluding hydrogens is 330 g/mol. The normalized spacial score (nSPS) is 14.9. The zero-order chi connectivity index (χ0) is 18.1. The van der Waals surface area contributed by atoms with Crippen LogP contribution in [0.25, 0.3) is 10.9 Å². The molecule has 1 aromatic heterocycles. The van der Waals surface area contributed by atoms with Gasteiger partial charge in [-0.05, 0) is 18.4 Å². The lowest BCUT2D eigenvalue weighted by Crippen LogP contribution is -2.41. The third kappa shape index (κ3) is 3.65. The summed E-state index contributed by atoms with van der Waals surface area (Å²) in [6.45, 7) is 0. The molecule has 3 N–H and O–H groups in total. The number of nitrogens with one attached hydrogen (secondary N) is 2. The Morgan fingerprint density at radius 2 is 2.08 bits per heavy atom. The standard InChI is InChI=1S/C16H15N3O6/c20-14-7-11(10-6-9(19(24)25)3-4-12(10)17-14)15(21)18-13(16(22)23)5-8-1-2-8/h3-4,6-8,13H,1-2,5H2,(H,17,20)(H,18,21)(H,22,23). The predicted molar refractivity (Wildman–Crippen MR) is 87.5 cm³/mol. The number of benzene rings is 1. The molecule has 1 aromatic carbocycles. The van der Waals surface area contributed by atoms with Crippen LogP contribution in [0.15, 0.2) is 29.1 Å². The lowest BCUT2D eigenvalue weighted by molar-refractivity contribution is -0.384. The highest BCUT2D eigenvalue weighted by atomic mass is 16.6. The van der Waals surface area contributed by atoms with Crippen molar-refractivity contribution in [1.82, 2.24) is 10.3 Å². The van der Waals surface area contributed by atoms with Crippen molar-refractivity contribution in [2.75, 3.05) is 0 Å². The van der Waals surface area contributed by atoms with E-state index in [2.05, 4.69) is 10.3 Å². The number of nitro benzene ring substituents is 1. The minimum absolute atomic E-state index is 0.0931. The smallest absolute Gasteiger partial charge is 0.326 e. The number of carboxylic acid groups (broad SMARTS) is 1. The quantitative estimate of drug-likeness (QED) is 0.534. The Bertz CT molecular complexity index is 931. The third-order valence-corrected chi connectivity index (χ3v) is 4.15. The van der Waals surface area contributed by atoms with Gasteiger partial charge >= 0.3 is 5.97 Å². The topological polar surface area (TPSA) is 142 Å². The van der Waals surface area contributed by atoms with Gasteiger partial charge in [0.25, 0.3) is 11.6 Å². The first-order valence-corrected chi connectivity index (χ1v) is 7.70. The van der Waals surface area contributed by atoms with Gasteiger partial charge in [0.15, 0.2) is 0 Å². The number of carbonyl (C=O) groups is 2. The molecule has 2 aromatic rings. The number of nitro groups is 1. The molecule has 1 aliphatic carbocycles. The fourth-order valence-electron chi connectivity index (χ4n) is 2.69. The number of carbonyl (C=O) groups excluding carboxylic acids is 1. The number of rotatable bonds is 6. The number of non-ortho nitro benzene ring substituents is 1. The zero-order valence-corrected chi connectivity index (χ0v) is 13.0. The molecule has 0 aliphatic heterocycles. The number of nitrogens with zero attached hydrogens (tertiary/aromatic N) is 1. The molecule has 0 saturated heterocycles. The molecule has 0 bridgehead atoms. The fraction of sp³-hybridized carbons (Fsp3) is 0.312. The average Bonchev–Trinajstić information content (AvgIpc) is 3.36. The van der Waals surface area contributed by atoms with Gasteiger partial charge in [0.05, 0.1) is 10.5 Å². The summed E-state index contributed by atoms with van der Waals surface area (Å²) in [6.07, 6.45) is 2.18. The lowest BCUT2D eigenvalue weighted by Gasteiger charge is -2.15. The van der Waals surface area contributed by atoms with Crippen molar-refractivity contribution in [3.05, 3.63) is 50.3 Å². The largest absolute Gasteiger partial charge is 0.480 e. The van der Waals surface area contributed by atoms with Crippen molar-refractivity contribution in [2.45, 2.75) is 25.3 Å². The van der Waals surface area contributed by atoms with Crippen molar-refractivity contribution < 1.29 is 19.6 Å². The van der Waals surface area contributed by atoms with Crippen molar-refractivity contribution in [2.24, 2.45) is 5.92 Å². The van der Waals surface area contributed by atoms with Crippen LogP contribution in [0.3, 0.4) is 0 Å². The first-order chi connectivity index (χ1) is 11.8. The minimum atomic E-state index is -1.15. The van der Waals surface area contributed by atoms with Gasteiger partial charge in [-0.3, -0.25) is 19.7 Å². The van der Waals surface area contributed by atoms with Gasteiger partial charge in [0, 0.05) is 29.1 Å². The van der Waals surface area contributed by atoms with E-state index >= 15 is 0 Å². The van der Waals surface area contributed by atoms with Gasteiger partial charge in [-0.1, -0.05) is 12.8 Å². The first kappa shape index (κ1) is 16.6. The van der Waals surface area contributed by atoms with E-state index in [0.717, 1.165) is 18.9 Å². The molecular formula is C16H15N3O6. The van der Waals surface area contributed by atoms with E-state index in [-0.39, 0.29) is 28.1 Å². The van der Waals surface area contributed by atoms with E-state index in [1.807, 2.05) is 0 Å². The van der Waals surface area contributed by atoms with Crippen molar-refractivity contribution in [3.63, 3.8) is 0 Å². The van der Waals surface area contributed by atoms with Crippen LogP contribution in [0.5, 0.6) is 0 Å². The van der Waals surface area contributed by atoms with Crippen LogP contribution in [0, 0.1) is 16.0 Å². The minimum Gasteiger partial charge on any atom is -0.480 e. The maximum atomic E-state index is 12.5. The Kier molecular flexibility index (Phi) is 4.22. The highest BCUT2D eigenvalue weighted by molar-refractivity contribution is 6.07. The van der Waals surface area contributed by atoms with E-state index in [0.29, 0.717) is 6.42 Å². The van der Waals surface area contributed by atoms with E-state index in [9.17, 15) is 29.6 Å². The number of aliphatic carboxylic acids is 1. The number of amides is 1. The molecule has 1 unspecified atom stereocenters. The second kappa shape index (κ2) is 6.34. The Morgan fingerprint density at radius 1 is 1.36 bits per heavy atom. The number of fused-ring (bicyclic) bond motifs is 1. The molecule has 1 heterocycles. The second-order valence-corrected chi connectivity index (χ2v) is 6.08. The summed E-state index contributed by atoms with van der Waals surface area (Å²) in [5.41, 5.74) is -0.622. The molecule has 9 heteroatoms. The van der Waals surface area contributed by atoms with Crippen LogP contribution in [0.1, 0.15) is 29.6 Å². The van der Waals surface area contributed by atoms with E-state index in [1.165, 1.54) is 18.2 Å². The Morgan fingerprint density at radius 3 is 2.68 bits per heavy atom. The van der Waals surface area contributed by atoms with Crippen molar-refractivity contribution >= 4 is 28.5 Å². The summed E-state index contributed by atoms with van der Waals surface area (Å²) in [4.78, 5) is 48.4. The molecule has 25 heavy (non-hydrogen) atoms. The third-order valence-electron chi connectivity index (χ3n) is 4.15. The Hall–Kier alpha value is -3.23. The number of hydrogen-bond donors (Lipinski definition) is 3. The Balaban J connectivity index is 1.98. The van der Waals surface area contributed by atoms with Crippen LogP contribution < -0.4 is 10.9 Å². The summed E-state index contributed by atoms with van der Waals surface area (Å²) in [5.74, 6) is -1.62. The van der Waals surface area contributed by atoms with E-state index in [4.69, 9.17) is 0 Å². The van der Waals surface area contributed by atoms with Gasteiger partial charge in [0.1, 0.15) is 6.04 Å². The van der Waals surface area contributed by atoms with Crippen LogP contribution in [-0.4, -0.2) is 32.9 Å². The fourth-order valence-corrected chi connectivity index (χ4v) is 2.69. The maximum absolute atomic E-state index is 12.5. The number of aromatic amines is 1. The molecule has 3 rings (SSSR count). The Labute approximate surface area is 140 Å². The van der Waals surface area contributed by atoms with Gasteiger partial charge in [-0.2, -0.15) is 0 Å². The molecule has 1 saturated carbocycles. The van der Waals surface area contributed by atoms with Gasteiger partial charge in [0.2, 0.25) is 5.56 Å².